The second-order valence-corrected chi connectivity index (χ2v) is 4.39. The molecule has 82 valence electrons. The van der Waals surface area contributed by atoms with E-state index in [4.69, 9.17) is 0 Å². The molecule has 0 amide bonds. The molecule has 0 bridgehead atoms. The highest BCUT2D eigenvalue weighted by molar-refractivity contribution is 9.10. The fraction of sp³-hybridized carbons (Fsp3) is 0.167. The van der Waals surface area contributed by atoms with Crippen molar-refractivity contribution in [3.8, 4) is 0 Å². The van der Waals surface area contributed by atoms with Crippen molar-refractivity contribution in [2.24, 2.45) is 0 Å². The zero-order valence-corrected chi connectivity index (χ0v) is 10.3. The topological polar surface area (TPSA) is 37.8 Å². The van der Waals surface area contributed by atoms with Crippen molar-refractivity contribution in [3.05, 3.63) is 58.6 Å². The number of nitrogens with one attached hydrogen (secondary N) is 1. The Morgan fingerprint density at radius 2 is 1.56 bits per heavy atom. The van der Waals surface area contributed by atoms with Crippen LogP contribution in [0, 0.1) is 0 Å². The van der Waals surface area contributed by atoms with E-state index in [1.54, 1.807) is 0 Å². The van der Waals surface area contributed by atoms with Crippen LogP contribution in [0.5, 0.6) is 0 Å². The van der Waals surface area contributed by atoms with Gasteiger partial charge in [0, 0.05) is 35.5 Å². The van der Waals surface area contributed by atoms with E-state index in [1.165, 1.54) is 11.9 Å². The smallest absolute Gasteiger partial charge is 0.115 e. The lowest BCUT2D eigenvalue weighted by Crippen LogP contribution is -2.12. The van der Waals surface area contributed by atoms with Crippen molar-refractivity contribution >= 4 is 15.9 Å². The van der Waals surface area contributed by atoms with Gasteiger partial charge in [-0.2, -0.15) is 0 Å². The van der Waals surface area contributed by atoms with Crippen molar-refractivity contribution in [3.63, 3.8) is 0 Å². The zero-order valence-electron chi connectivity index (χ0n) is 8.73. The van der Waals surface area contributed by atoms with E-state index in [2.05, 4.69) is 43.3 Å². The lowest BCUT2D eigenvalue weighted by molar-refractivity contribution is 0.688. The molecular formula is C12H12BrN3. The number of halogens is 1. The molecule has 0 saturated heterocycles. The molecule has 0 aliphatic rings. The summed E-state index contributed by atoms with van der Waals surface area (Å²) in [6, 6.07) is 8.28. The van der Waals surface area contributed by atoms with Crippen molar-refractivity contribution in [2.75, 3.05) is 0 Å². The van der Waals surface area contributed by atoms with Gasteiger partial charge in [-0.1, -0.05) is 28.1 Å². The molecule has 0 spiro atoms. The average Bonchev–Trinajstić information content (AvgIpc) is 2.33. The largest absolute Gasteiger partial charge is 0.309 e. The fourth-order valence-electron chi connectivity index (χ4n) is 1.37. The molecule has 0 aliphatic heterocycles. The van der Waals surface area contributed by atoms with Gasteiger partial charge in [-0.25, -0.2) is 9.97 Å². The van der Waals surface area contributed by atoms with Gasteiger partial charge in [0.25, 0.3) is 0 Å². The summed E-state index contributed by atoms with van der Waals surface area (Å²) in [5, 5.41) is 3.34. The van der Waals surface area contributed by atoms with Crippen LogP contribution in [0.15, 0.2) is 47.5 Å². The van der Waals surface area contributed by atoms with Crippen LogP contribution in [0.25, 0.3) is 0 Å². The molecule has 16 heavy (non-hydrogen) atoms. The highest BCUT2D eigenvalue weighted by atomic mass is 79.9. The molecule has 2 rings (SSSR count). The predicted octanol–water partition coefficient (Wildman–Crippen LogP) is 2.53. The average molecular weight is 278 g/mol. The van der Waals surface area contributed by atoms with Crippen LogP contribution < -0.4 is 5.32 Å². The molecule has 1 aromatic carbocycles. The standard InChI is InChI=1S/C12H12BrN3/c13-12-3-1-10(2-4-12)5-14-6-11-7-15-9-16-8-11/h1-4,7-9,14H,5-6H2. The number of nitrogens with zero attached hydrogens (tertiary/aromatic N) is 2. The lowest BCUT2D eigenvalue weighted by Gasteiger charge is -2.04. The Balaban J connectivity index is 1.82. The minimum absolute atomic E-state index is 0.789. The first-order chi connectivity index (χ1) is 7.84. The third-order valence-corrected chi connectivity index (χ3v) is 2.71. The first kappa shape index (κ1) is 11.2. The van der Waals surface area contributed by atoms with Crippen LogP contribution in [0.1, 0.15) is 11.1 Å². The first-order valence-electron chi connectivity index (χ1n) is 5.03. The van der Waals surface area contributed by atoms with Crippen molar-refractivity contribution in [1.82, 2.24) is 15.3 Å². The van der Waals surface area contributed by atoms with Gasteiger partial charge in [-0.3, -0.25) is 0 Å². The maximum Gasteiger partial charge on any atom is 0.115 e. The fourth-order valence-corrected chi connectivity index (χ4v) is 1.64. The Bertz CT molecular complexity index is 428. The Hall–Kier alpha value is -1.26. The summed E-state index contributed by atoms with van der Waals surface area (Å²) < 4.78 is 1.10. The van der Waals surface area contributed by atoms with Crippen LogP contribution in [-0.4, -0.2) is 9.97 Å². The summed E-state index contributed by atoms with van der Waals surface area (Å²) in [6.07, 6.45) is 5.18. The molecule has 0 fully saturated rings. The SMILES string of the molecule is Brc1ccc(CNCc2cncnc2)cc1. The van der Waals surface area contributed by atoms with Crippen LogP contribution in [0.4, 0.5) is 0 Å². The molecule has 0 unspecified atom stereocenters. The molecular weight excluding hydrogens is 266 g/mol. The normalized spacial score (nSPS) is 10.3. The lowest BCUT2D eigenvalue weighted by atomic mass is 10.2. The van der Waals surface area contributed by atoms with Gasteiger partial charge < -0.3 is 5.32 Å². The second kappa shape index (κ2) is 5.72. The summed E-state index contributed by atoms with van der Waals surface area (Å²) in [5.74, 6) is 0. The van der Waals surface area contributed by atoms with Crippen LogP contribution in [-0.2, 0) is 13.1 Å². The molecule has 1 heterocycles. The minimum Gasteiger partial charge on any atom is -0.309 e. The third-order valence-electron chi connectivity index (χ3n) is 2.19. The third kappa shape index (κ3) is 3.40. The summed E-state index contributed by atoms with van der Waals surface area (Å²) in [5.41, 5.74) is 2.36. The number of aromatic nitrogens is 2. The Kier molecular flexibility index (Phi) is 4.02. The second-order valence-electron chi connectivity index (χ2n) is 3.48. The van der Waals surface area contributed by atoms with Gasteiger partial charge in [0.05, 0.1) is 0 Å². The molecule has 0 saturated carbocycles. The maximum absolute atomic E-state index is 3.96. The highest BCUT2D eigenvalue weighted by Crippen LogP contribution is 2.10. The summed E-state index contributed by atoms with van der Waals surface area (Å²) in [6.45, 7) is 1.64. The van der Waals surface area contributed by atoms with E-state index in [-0.39, 0.29) is 0 Å². The van der Waals surface area contributed by atoms with Crippen LogP contribution in [0.2, 0.25) is 0 Å². The van der Waals surface area contributed by atoms with Crippen LogP contribution >= 0.6 is 15.9 Å². The van der Waals surface area contributed by atoms with Crippen molar-refractivity contribution in [1.29, 1.82) is 0 Å². The van der Waals surface area contributed by atoms with Gasteiger partial charge >= 0.3 is 0 Å². The first-order valence-corrected chi connectivity index (χ1v) is 5.83. The number of hydrogen-bond acceptors (Lipinski definition) is 3. The van der Waals surface area contributed by atoms with E-state index in [1.807, 2.05) is 24.5 Å². The maximum atomic E-state index is 3.96. The van der Waals surface area contributed by atoms with E-state index in [0.29, 0.717) is 0 Å². The summed E-state index contributed by atoms with van der Waals surface area (Å²) >= 11 is 3.41. The number of rotatable bonds is 4. The van der Waals surface area contributed by atoms with Crippen LogP contribution in [0.3, 0.4) is 0 Å². The van der Waals surface area contributed by atoms with Gasteiger partial charge in [0.1, 0.15) is 6.33 Å². The minimum atomic E-state index is 0.789. The molecule has 0 atom stereocenters. The number of hydrogen-bond donors (Lipinski definition) is 1. The quantitative estimate of drug-likeness (QED) is 0.933. The Labute approximate surface area is 103 Å². The molecule has 2 aromatic rings. The molecule has 3 nitrogen and oxygen atoms in total. The molecule has 1 aromatic heterocycles. The summed E-state index contributed by atoms with van der Waals surface area (Å²) in [4.78, 5) is 7.93. The van der Waals surface area contributed by atoms with Gasteiger partial charge in [-0.15, -0.1) is 0 Å². The van der Waals surface area contributed by atoms with Crippen molar-refractivity contribution in [2.45, 2.75) is 13.1 Å². The van der Waals surface area contributed by atoms with E-state index in [0.717, 1.165) is 23.1 Å². The molecule has 1 N–H and O–H groups in total. The zero-order chi connectivity index (χ0) is 11.2. The number of benzene rings is 1. The highest BCUT2D eigenvalue weighted by Gasteiger charge is 1.94. The molecule has 0 aliphatic carbocycles. The summed E-state index contributed by atoms with van der Waals surface area (Å²) in [7, 11) is 0. The Morgan fingerprint density at radius 3 is 2.25 bits per heavy atom. The predicted molar refractivity (Wildman–Crippen MR) is 66.7 cm³/mol. The van der Waals surface area contributed by atoms with Gasteiger partial charge in [-0.05, 0) is 17.7 Å². The monoisotopic (exact) mass is 277 g/mol. The van der Waals surface area contributed by atoms with E-state index >= 15 is 0 Å². The van der Waals surface area contributed by atoms with E-state index < -0.39 is 0 Å². The molecule has 0 radical (unpaired) electrons. The van der Waals surface area contributed by atoms with Gasteiger partial charge in [0.2, 0.25) is 0 Å². The van der Waals surface area contributed by atoms with E-state index in [9.17, 15) is 0 Å². The molecule has 4 heteroatoms. The van der Waals surface area contributed by atoms with Crippen molar-refractivity contribution < 1.29 is 0 Å². The Morgan fingerprint density at radius 1 is 0.938 bits per heavy atom. The van der Waals surface area contributed by atoms with Gasteiger partial charge in [0.15, 0.2) is 0 Å².